The first-order valence-electron chi connectivity index (χ1n) is 5.51. The van der Waals surface area contributed by atoms with Crippen molar-refractivity contribution in [1.29, 1.82) is 0 Å². The first-order valence-corrected chi connectivity index (χ1v) is 5.51. The highest BCUT2D eigenvalue weighted by Crippen LogP contribution is 2.07. The molecule has 0 radical (unpaired) electrons. The van der Waals surface area contributed by atoms with Crippen molar-refractivity contribution >= 4 is 10.9 Å². The molecule has 86 valence electrons. The minimum absolute atomic E-state index is 0.719. The molecule has 3 nitrogen and oxygen atoms in total. The van der Waals surface area contributed by atoms with Crippen LogP contribution in [0.25, 0.3) is 10.9 Å². The van der Waals surface area contributed by atoms with Gasteiger partial charge >= 0.3 is 0 Å². The zero-order valence-electron chi connectivity index (χ0n) is 9.80. The highest BCUT2D eigenvalue weighted by molar-refractivity contribution is 5.77. The van der Waals surface area contributed by atoms with Crippen LogP contribution in [0.3, 0.4) is 0 Å². The Bertz CT molecular complexity index is 348. The number of hydrogen-bond acceptors (Lipinski definition) is 3. The molecule has 1 N–H and O–H groups in total. The molecule has 0 unspecified atom stereocenters. The van der Waals surface area contributed by atoms with E-state index < -0.39 is 0 Å². The van der Waals surface area contributed by atoms with E-state index in [-0.39, 0.29) is 0 Å². The van der Waals surface area contributed by atoms with Crippen LogP contribution in [0.2, 0.25) is 0 Å². The van der Waals surface area contributed by atoms with Gasteiger partial charge in [-0.25, -0.2) is 0 Å². The summed E-state index contributed by atoms with van der Waals surface area (Å²) in [5, 5.41) is 10.9. The van der Waals surface area contributed by atoms with Crippen molar-refractivity contribution in [3.05, 3.63) is 42.6 Å². The summed E-state index contributed by atoms with van der Waals surface area (Å²) in [4.78, 5) is 4.18. The largest absolute Gasteiger partial charge is 0.314 e. The second-order valence-corrected chi connectivity index (χ2v) is 3.34. The molecule has 1 aromatic carbocycles. The molecule has 0 spiro atoms. The Kier molecular flexibility index (Phi) is 5.46. The van der Waals surface area contributed by atoms with Gasteiger partial charge in [0.1, 0.15) is 0 Å². The lowest BCUT2D eigenvalue weighted by atomic mass is 10.2. The van der Waals surface area contributed by atoms with Crippen molar-refractivity contribution in [1.82, 2.24) is 10.0 Å². The molecule has 0 fully saturated rings. The normalized spacial score (nSPS) is 10.0. The van der Waals surface area contributed by atoms with Crippen LogP contribution < -0.4 is 0 Å². The lowest BCUT2D eigenvalue weighted by Gasteiger charge is -2.05. The molecule has 3 heteroatoms. The molecular formula is C13H18N2O. The number of rotatable bonds is 2. The molecule has 0 amide bonds. The highest BCUT2D eigenvalue weighted by Gasteiger charge is 1.86. The Balaban J connectivity index is 0.000000187. The number of para-hydroxylation sites is 1. The zero-order valence-corrected chi connectivity index (χ0v) is 9.80. The lowest BCUT2D eigenvalue weighted by Crippen LogP contribution is -2.16. The number of benzene rings is 1. The van der Waals surface area contributed by atoms with E-state index in [9.17, 15) is 0 Å². The topological polar surface area (TPSA) is 36.4 Å². The summed E-state index contributed by atoms with van der Waals surface area (Å²) in [6.45, 7) is 5.25. The van der Waals surface area contributed by atoms with Gasteiger partial charge in [0.2, 0.25) is 0 Å². The monoisotopic (exact) mass is 218 g/mol. The Morgan fingerprint density at radius 2 is 1.69 bits per heavy atom. The number of pyridine rings is 1. The van der Waals surface area contributed by atoms with E-state index in [0.29, 0.717) is 0 Å². The minimum Gasteiger partial charge on any atom is -0.314 e. The third kappa shape index (κ3) is 3.96. The predicted molar refractivity (Wildman–Crippen MR) is 66.5 cm³/mol. The molecular weight excluding hydrogens is 200 g/mol. The average Bonchev–Trinajstić information content (AvgIpc) is 2.38. The fourth-order valence-electron chi connectivity index (χ4n) is 1.24. The van der Waals surface area contributed by atoms with Crippen LogP contribution in [-0.4, -0.2) is 28.3 Å². The first kappa shape index (κ1) is 12.6. The van der Waals surface area contributed by atoms with E-state index in [1.807, 2.05) is 44.3 Å². The summed E-state index contributed by atoms with van der Waals surface area (Å²) in [5.74, 6) is 0. The van der Waals surface area contributed by atoms with E-state index in [0.717, 1.165) is 18.6 Å². The molecule has 0 aliphatic carbocycles. The summed E-state index contributed by atoms with van der Waals surface area (Å²) in [6, 6.07) is 12.1. The van der Waals surface area contributed by atoms with Gasteiger partial charge in [0.05, 0.1) is 5.52 Å². The molecule has 2 aromatic rings. The summed E-state index contributed by atoms with van der Waals surface area (Å²) < 4.78 is 0. The smallest absolute Gasteiger partial charge is 0.0701 e. The number of hydroxylamine groups is 2. The van der Waals surface area contributed by atoms with Gasteiger partial charge < -0.3 is 5.21 Å². The van der Waals surface area contributed by atoms with Crippen LogP contribution >= 0.6 is 0 Å². The molecule has 2 rings (SSSR count). The molecule has 1 aromatic heterocycles. The van der Waals surface area contributed by atoms with Crippen LogP contribution in [0.4, 0.5) is 0 Å². The molecule has 0 bridgehead atoms. The van der Waals surface area contributed by atoms with Gasteiger partial charge in [0, 0.05) is 24.7 Å². The summed E-state index contributed by atoms with van der Waals surface area (Å²) in [5.41, 5.74) is 1.06. The zero-order chi connectivity index (χ0) is 11.8. The van der Waals surface area contributed by atoms with E-state index >= 15 is 0 Å². The molecule has 0 saturated heterocycles. The van der Waals surface area contributed by atoms with Crippen LogP contribution in [0.15, 0.2) is 42.6 Å². The minimum atomic E-state index is 0.719. The van der Waals surface area contributed by atoms with Gasteiger partial charge in [-0.2, -0.15) is 5.06 Å². The van der Waals surface area contributed by atoms with Gasteiger partial charge in [0.25, 0.3) is 0 Å². The van der Waals surface area contributed by atoms with Gasteiger partial charge in [-0.15, -0.1) is 0 Å². The van der Waals surface area contributed by atoms with Crippen molar-refractivity contribution in [2.75, 3.05) is 13.1 Å². The van der Waals surface area contributed by atoms with E-state index in [1.54, 1.807) is 0 Å². The Labute approximate surface area is 96.3 Å². The third-order valence-electron chi connectivity index (χ3n) is 2.24. The average molecular weight is 218 g/mol. The summed E-state index contributed by atoms with van der Waals surface area (Å²) in [6.07, 6.45) is 1.81. The lowest BCUT2D eigenvalue weighted by molar-refractivity contribution is -0.0813. The van der Waals surface area contributed by atoms with Gasteiger partial charge in [-0.1, -0.05) is 38.1 Å². The van der Waals surface area contributed by atoms with Crippen molar-refractivity contribution in [3.63, 3.8) is 0 Å². The quantitative estimate of drug-likeness (QED) is 0.787. The Morgan fingerprint density at radius 3 is 2.25 bits per heavy atom. The van der Waals surface area contributed by atoms with E-state index in [1.165, 1.54) is 10.4 Å². The second kappa shape index (κ2) is 6.93. The number of nitrogens with zero attached hydrogens (tertiary/aromatic N) is 2. The van der Waals surface area contributed by atoms with Crippen LogP contribution in [0.5, 0.6) is 0 Å². The summed E-state index contributed by atoms with van der Waals surface area (Å²) in [7, 11) is 0. The van der Waals surface area contributed by atoms with Crippen LogP contribution in [0, 0.1) is 0 Å². The van der Waals surface area contributed by atoms with Crippen LogP contribution in [0.1, 0.15) is 13.8 Å². The molecule has 0 aliphatic rings. The maximum atomic E-state index is 8.50. The molecule has 16 heavy (non-hydrogen) atoms. The van der Waals surface area contributed by atoms with E-state index in [4.69, 9.17) is 5.21 Å². The molecule has 1 heterocycles. The van der Waals surface area contributed by atoms with Crippen molar-refractivity contribution in [3.8, 4) is 0 Å². The van der Waals surface area contributed by atoms with E-state index in [2.05, 4.69) is 17.1 Å². The Hall–Kier alpha value is -1.45. The van der Waals surface area contributed by atoms with Crippen LogP contribution in [-0.2, 0) is 0 Å². The van der Waals surface area contributed by atoms with Crippen molar-refractivity contribution in [2.45, 2.75) is 13.8 Å². The molecule has 0 atom stereocenters. The number of aromatic nitrogens is 1. The Morgan fingerprint density at radius 1 is 1.06 bits per heavy atom. The van der Waals surface area contributed by atoms with Crippen molar-refractivity contribution < 1.29 is 5.21 Å². The highest BCUT2D eigenvalue weighted by atomic mass is 16.5. The standard InChI is InChI=1S/C9H7N.C4H11NO/c1-2-6-9-8(4-1)5-3-7-10-9;1-3-5(6)4-2/h1-7H;6H,3-4H2,1-2H3. The number of fused-ring (bicyclic) bond motifs is 1. The fourth-order valence-corrected chi connectivity index (χ4v) is 1.24. The molecule has 0 aliphatic heterocycles. The third-order valence-corrected chi connectivity index (χ3v) is 2.24. The number of hydrogen-bond donors (Lipinski definition) is 1. The van der Waals surface area contributed by atoms with Gasteiger partial charge in [-0.05, 0) is 12.1 Å². The van der Waals surface area contributed by atoms with Crippen molar-refractivity contribution in [2.24, 2.45) is 0 Å². The predicted octanol–water partition coefficient (Wildman–Crippen LogP) is 2.95. The van der Waals surface area contributed by atoms with Gasteiger partial charge in [-0.3, -0.25) is 4.98 Å². The van der Waals surface area contributed by atoms with Gasteiger partial charge in [0.15, 0.2) is 0 Å². The maximum Gasteiger partial charge on any atom is 0.0701 e. The fraction of sp³-hybridized carbons (Fsp3) is 0.308. The molecule has 0 saturated carbocycles. The maximum absolute atomic E-state index is 8.50. The first-order chi connectivity index (χ1) is 7.77. The SMILES string of the molecule is CCN(O)CC.c1ccc2ncccc2c1. The second-order valence-electron chi connectivity index (χ2n) is 3.34. The summed E-state index contributed by atoms with van der Waals surface area (Å²) >= 11 is 0.